The van der Waals surface area contributed by atoms with E-state index in [1.807, 2.05) is 5.38 Å². The maximum atomic E-state index is 13.2. The van der Waals surface area contributed by atoms with Crippen LogP contribution < -0.4 is 10.5 Å². The molecule has 108 valence electrons. The lowest BCUT2D eigenvalue weighted by atomic mass is 10.1. The number of aromatic nitrogens is 1. The predicted octanol–water partition coefficient (Wildman–Crippen LogP) is 3.31. The minimum Gasteiger partial charge on any atom is -0.487 e. The molecule has 1 aromatic carbocycles. The van der Waals surface area contributed by atoms with Gasteiger partial charge in [0.25, 0.3) is 0 Å². The van der Waals surface area contributed by atoms with Crippen LogP contribution in [0.2, 0.25) is 0 Å². The summed E-state index contributed by atoms with van der Waals surface area (Å²) in [5.74, 6) is 0.418. The summed E-state index contributed by atoms with van der Waals surface area (Å²) < 4.78 is 19.0. The van der Waals surface area contributed by atoms with Gasteiger partial charge in [0.15, 0.2) is 0 Å². The van der Waals surface area contributed by atoms with Gasteiger partial charge in [-0.2, -0.15) is 0 Å². The highest BCUT2D eigenvalue weighted by Gasteiger charge is 2.07. The lowest BCUT2D eigenvalue weighted by Crippen LogP contribution is -2.06. The summed E-state index contributed by atoms with van der Waals surface area (Å²) in [5, 5.41) is 3.14. The summed E-state index contributed by atoms with van der Waals surface area (Å²) in [6, 6.07) is 4.53. The molecule has 1 heterocycles. The van der Waals surface area contributed by atoms with Crippen molar-refractivity contribution in [1.29, 1.82) is 0 Å². The Hall–Kier alpha value is -1.46. The Morgan fingerprint density at radius 3 is 2.95 bits per heavy atom. The molecular weight excluding hydrogens is 275 g/mol. The number of hydrogen-bond acceptors (Lipinski definition) is 4. The Morgan fingerprint density at radius 1 is 1.35 bits per heavy atom. The third kappa shape index (κ3) is 4.02. The number of halogens is 1. The highest BCUT2D eigenvalue weighted by molar-refractivity contribution is 7.09. The van der Waals surface area contributed by atoms with E-state index in [2.05, 4.69) is 11.9 Å². The Labute approximate surface area is 122 Å². The second kappa shape index (κ2) is 7.36. The van der Waals surface area contributed by atoms with Crippen LogP contribution in [0.5, 0.6) is 5.75 Å². The lowest BCUT2D eigenvalue weighted by molar-refractivity contribution is 0.298. The molecule has 2 aromatic rings. The summed E-state index contributed by atoms with van der Waals surface area (Å²) in [6.45, 7) is 3.01. The molecular formula is C15H19FN2OS. The van der Waals surface area contributed by atoms with E-state index in [9.17, 15) is 4.39 Å². The zero-order chi connectivity index (χ0) is 14.4. The maximum absolute atomic E-state index is 13.2. The number of hydrogen-bond donors (Lipinski definition) is 1. The Balaban J connectivity index is 2.02. The molecule has 3 nitrogen and oxygen atoms in total. The molecule has 0 amide bonds. The number of nitrogens with zero attached hydrogens (tertiary/aromatic N) is 1. The fourth-order valence-electron chi connectivity index (χ4n) is 1.94. The molecule has 0 aliphatic carbocycles. The average molecular weight is 294 g/mol. The molecule has 0 unspecified atom stereocenters. The van der Waals surface area contributed by atoms with E-state index in [4.69, 9.17) is 10.5 Å². The second-order valence-electron chi connectivity index (χ2n) is 4.56. The molecule has 0 saturated heterocycles. The van der Waals surface area contributed by atoms with Crippen molar-refractivity contribution in [3.05, 3.63) is 45.7 Å². The molecule has 2 N–H and O–H groups in total. The van der Waals surface area contributed by atoms with Gasteiger partial charge in [0.1, 0.15) is 18.2 Å². The van der Waals surface area contributed by atoms with E-state index in [1.54, 1.807) is 17.4 Å². The van der Waals surface area contributed by atoms with Crippen molar-refractivity contribution in [3.8, 4) is 5.75 Å². The van der Waals surface area contributed by atoms with E-state index in [-0.39, 0.29) is 5.82 Å². The molecule has 0 aliphatic rings. The highest BCUT2D eigenvalue weighted by atomic mass is 32.1. The van der Waals surface area contributed by atoms with Gasteiger partial charge in [-0.25, -0.2) is 9.37 Å². The molecule has 0 bridgehead atoms. The van der Waals surface area contributed by atoms with Crippen molar-refractivity contribution in [2.75, 3.05) is 6.54 Å². The third-order valence-corrected chi connectivity index (χ3v) is 3.83. The van der Waals surface area contributed by atoms with Crippen LogP contribution in [0.4, 0.5) is 4.39 Å². The fraction of sp³-hybridized carbons (Fsp3) is 0.400. The van der Waals surface area contributed by atoms with E-state index in [1.165, 1.54) is 12.1 Å². The van der Waals surface area contributed by atoms with Gasteiger partial charge in [0.05, 0.1) is 10.7 Å². The van der Waals surface area contributed by atoms with Crippen LogP contribution in [0.1, 0.15) is 29.6 Å². The molecule has 0 aliphatic heterocycles. The van der Waals surface area contributed by atoms with Crippen molar-refractivity contribution >= 4 is 11.3 Å². The van der Waals surface area contributed by atoms with Gasteiger partial charge in [-0.3, -0.25) is 0 Å². The van der Waals surface area contributed by atoms with Crippen LogP contribution in [0, 0.1) is 5.82 Å². The normalized spacial score (nSPS) is 10.8. The quantitative estimate of drug-likeness (QED) is 0.852. The van der Waals surface area contributed by atoms with Crippen molar-refractivity contribution < 1.29 is 9.13 Å². The lowest BCUT2D eigenvalue weighted by Gasteiger charge is -2.10. The number of rotatable bonds is 7. The summed E-state index contributed by atoms with van der Waals surface area (Å²) in [4.78, 5) is 4.50. The van der Waals surface area contributed by atoms with E-state index in [0.717, 1.165) is 29.1 Å². The number of ether oxygens (including phenoxy) is 1. The van der Waals surface area contributed by atoms with Crippen LogP contribution in [0.15, 0.2) is 23.6 Å². The van der Waals surface area contributed by atoms with Crippen LogP contribution in [0.3, 0.4) is 0 Å². The van der Waals surface area contributed by atoms with E-state index >= 15 is 0 Å². The summed E-state index contributed by atoms with van der Waals surface area (Å²) in [7, 11) is 0. The first kappa shape index (κ1) is 14.9. The van der Waals surface area contributed by atoms with Crippen molar-refractivity contribution in [2.45, 2.75) is 32.8 Å². The van der Waals surface area contributed by atoms with Crippen LogP contribution in [0.25, 0.3) is 0 Å². The van der Waals surface area contributed by atoms with Crippen LogP contribution in [-0.4, -0.2) is 11.5 Å². The molecule has 0 spiro atoms. The van der Waals surface area contributed by atoms with E-state index < -0.39 is 0 Å². The summed E-state index contributed by atoms with van der Waals surface area (Å²) >= 11 is 1.66. The van der Waals surface area contributed by atoms with Gasteiger partial charge >= 0.3 is 0 Å². The average Bonchev–Trinajstić information content (AvgIpc) is 2.86. The molecule has 0 fully saturated rings. The van der Waals surface area contributed by atoms with Crippen LogP contribution >= 0.6 is 11.3 Å². The number of aryl methyl sites for hydroxylation is 1. The Kier molecular flexibility index (Phi) is 5.49. The Morgan fingerprint density at radius 2 is 2.20 bits per heavy atom. The van der Waals surface area contributed by atoms with Crippen LogP contribution in [-0.2, 0) is 19.4 Å². The second-order valence-corrected chi connectivity index (χ2v) is 5.50. The Bertz CT molecular complexity index is 557. The van der Waals surface area contributed by atoms with Gasteiger partial charge in [-0.05, 0) is 49.6 Å². The number of thiazole rings is 1. The topological polar surface area (TPSA) is 48.1 Å². The van der Waals surface area contributed by atoms with Gasteiger partial charge in [-0.15, -0.1) is 11.3 Å². The standard InChI is InChI=1S/C15H19FN2OS/c1-2-3-15-18-13(10-20-15)9-19-14-5-4-12(16)8-11(14)6-7-17/h4-5,8,10H,2-3,6-7,9,17H2,1H3. The SMILES string of the molecule is CCCc1nc(COc2ccc(F)cc2CCN)cs1. The van der Waals surface area contributed by atoms with Crippen molar-refractivity contribution in [1.82, 2.24) is 4.98 Å². The summed E-state index contributed by atoms with van der Waals surface area (Å²) in [6.07, 6.45) is 2.69. The largest absolute Gasteiger partial charge is 0.487 e. The maximum Gasteiger partial charge on any atom is 0.131 e. The molecule has 0 atom stereocenters. The monoisotopic (exact) mass is 294 g/mol. The molecule has 20 heavy (non-hydrogen) atoms. The first-order valence-corrected chi connectivity index (χ1v) is 7.65. The summed E-state index contributed by atoms with van der Waals surface area (Å²) in [5.41, 5.74) is 7.26. The van der Waals surface area contributed by atoms with Gasteiger partial charge in [-0.1, -0.05) is 6.92 Å². The van der Waals surface area contributed by atoms with Gasteiger partial charge in [0, 0.05) is 5.38 Å². The first-order valence-electron chi connectivity index (χ1n) is 6.77. The van der Waals surface area contributed by atoms with Crippen molar-refractivity contribution in [2.24, 2.45) is 5.73 Å². The number of nitrogens with two attached hydrogens (primary N) is 1. The highest BCUT2D eigenvalue weighted by Crippen LogP contribution is 2.22. The zero-order valence-corrected chi connectivity index (χ0v) is 12.4. The minimum atomic E-state index is -0.264. The molecule has 1 aromatic heterocycles. The van der Waals surface area contributed by atoms with E-state index in [0.29, 0.717) is 25.3 Å². The van der Waals surface area contributed by atoms with Crippen molar-refractivity contribution in [3.63, 3.8) is 0 Å². The molecule has 5 heteroatoms. The minimum absolute atomic E-state index is 0.264. The van der Waals surface area contributed by atoms with Gasteiger partial charge in [0.2, 0.25) is 0 Å². The number of benzene rings is 1. The molecule has 0 saturated carbocycles. The molecule has 0 radical (unpaired) electrons. The van der Waals surface area contributed by atoms with Gasteiger partial charge < -0.3 is 10.5 Å². The third-order valence-electron chi connectivity index (χ3n) is 2.87. The first-order chi connectivity index (χ1) is 9.72. The molecule has 2 rings (SSSR count). The smallest absolute Gasteiger partial charge is 0.131 e. The zero-order valence-electron chi connectivity index (χ0n) is 11.6. The fourth-order valence-corrected chi connectivity index (χ4v) is 2.82. The predicted molar refractivity (Wildman–Crippen MR) is 79.6 cm³/mol.